The first-order valence-corrected chi connectivity index (χ1v) is 11.8. The number of hydrogen-bond donors (Lipinski definition) is 2. The number of hydrogen-bond acceptors (Lipinski definition) is 7. The lowest BCUT2D eigenvalue weighted by Gasteiger charge is -2.23. The molecule has 0 aliphatic rings. The van der Waals surface area contributed by atoms with Crippen LogP contribution in [0.3, 0.4) is 0 Å². The van der Waals surface area contributed by atoms with Gasteiger partial charge in [0.15, 0.2) is 0 Å². The van der Waals surface area contributed by atoms with Gasteiger partial charge in [-0.15, -0.1) is 5.10 Å². The summed E-state index contributed by atoms with van der Waals surface area (Å²) in [5, 5.41) is 22.1. The smallest absolute Gasteiger partial charge is 0.307 e. The van der Waals surface area contributed by atoms with Crippen LogP contribution in [0.1, 0.15) is 44.7 Å². The average Bonchev–Trinajstić information content (AvgIpc) is 3.24. The third-order valence-corrected chi connectivity index (χ3v) is 5.86. The molecule has 0 aliphatic heterocycles. The van der Waals surface area contributed by atoms with Gasteiger partial charge in [0.05, 0.1) is 12.6 Å². The zero-order chi connectivity index (χ0) is 24.4. The lowest BCUT2D eigenvalue weighted by molar-refractivity contribution is -0.136. The van der Waals surface area contributed by atoms with Gasteiger partial charge in [-0.1, -0.05) is 32.0 Å². The highest BCUT2D eigenvalue weighted by molar-refractivity contribution is 7.89. The van der Waals surface area contributed by atoms with E-state index in [0.29, 0.717) is 5.88 Å². The number of carbonyl (C=O) groups is 1. The Morgan fingerprint density at radius 1 is 1.27 bits per heavy atom. The maximum absolute atomic E-state index is 11.5. The number of sulfonamides is 1. The summed E-state index contributed by atoms with van der Waals surface area (Å²) < 4.78 is 28.8. The Labute approximate surface area is 192 Å². The molecule has 0 bridgehead atoms. The number of ether oxygens (including phenoxy) is 1. The standard InChI is InChI=1S/C22H27N5O5S/c1-14(2)16-6-5-7-17(18(16)11-21(28)29)15-8-9-24-19(10-15)32-13-22(3,4)27-25-12-20(26-27)33(23,30)31/h5-10,12,14H,11,13H2,1-4H3,(H,28,29)(H2,23,30,31). The number of nitrogens with two attached hydrogens (primary N) is 1. The van der Waals surface area contributed by atoms with Gasteiger partial charge in [-0.2, -0.15) is 9.90 Å². The molecule has 33 heavy (non-hydrogen) atoms. The Morgan fingerprint density at radius 2 is 2.00 bits per heavy atom. The molecule has 2 heterocycles. The number of aromatic nitrogens is 4. The molecule has 1 aromatic carbocycles. The number of benzene rings is 1. The van der Waals surface area contributed by atoms with E-state index in [1.54, 1.807) is 32.2 Å². The van der Waals surface area contributed by atoms with Gasteiger partial charge in [-0.25, -0.2) is 18.5 Å². The number of carboxylic acid groups (broad SMARTS) is 1. The first-order chi connectivity index (χ1) is 15.4. The van der Waals surface area contributed by atoms with Gasteiger partial charge < -0.3 is 9.84 Å². The molecule has 10 nitrogen and oxygen atoms in total. The third-order valence-electron chi connectivity index (χ3n) is 5.09. The second-order valence-electron chi connectivity index (χ2n) is 8.60. The predicted molar refractivity (Wildman–Crippen MR) is 121 cm³/mol. The largest absolute Gasteiger partial charge is 0.481 e. The third kappa shape index (κ3) is 5.74. The molecule has 0 radical (unpaired) electrons. The Balaban J connectivity index is 1.87. The monoisotopic (exact) mass is 473 g/mol. The molecule has 3 rings (SSSR count). The minimum absolute atomic E-state index is 0.0907. The molecule has 0 atom stereocenters. The van der Waals surface area contributed by atoms with Crippen molar-refractivity contribution in [1.29, 1.82) is 0 Å². The van der Waals surface area contributed by atoms with Crippen molar-refractivity contribution >= 4 is 16.0 Å². The highest BCUT2D eigenvalue weighted by Gasteiger charge is 2.26. The zero-order valence-electron chi connectivity index (χ0n) is 18.9. The van der Waals surface area contributed by atoms with E-state index in [1.807, 2.05) is 32.0 Å². The van der Waals surface area contributed by atoms with Crippen molar-refractivity contribution in [3.8, 4) is 17.0 Å². The lowest BCUT2D eigenvalue weighted by Crippen LogP contribution is -2.35. The maximum Gasteiger partial charge on any atom is 0.307 e. The molecule has 11 heteroatoms. The number of primary sulfonamides is 1. The lowest BCUT2D eigenvalue weighted by atomic mass is 9.89. The number of carboxylic acids is 1. The van der Waals surface area contributed by atoms with E-state index in [4.69, 9.17) is 9.88 Å². The Bertz CT molecular complexity index is 1270. The fraction of sp³-hybridized carbons (Fsp3) is 0.364. The minimum Gasteiger partial charge on any atom is -0.481 e. The van der Waals surface area contributed by atoms with E-state index >= 15 is 0 Å². The summed E-state index contributed by atoms with van der Waals surface area (Å²) in [4.78, 5) is 17.0. The van der Waals surface area contributed by atoms with Crippen molar-refractivity contribution in [2.24, 2.45) is 5.14 Å². The summed E-state index contributed by atoms with van der Waals surface area (Å²) in [6.07, 6.45) is 2.59. The average molecular weight is 474 g/mol. The van der Waals surface area contributed by atoms with Crippen LogP contribution in [0.5, 0.6) is 5.88 Å². The fourth-order valence-electron chi connectivity index (χ4n) is 3.40. The normalized spacial score (nSPS) is 12.2. The molecule has 176 valence electrons. The molecule has 0 aliphatic carbocycles. The first-order valence-electron chi connectivity index (χ1n) is 10.3. The maximum atomic E-state index is 11.5. The predicted octanol–water partition coefficient (Wildman–Crippen LogP) is 2.55. The molecule has 0 saturated carbocycles. The molecule has 3 aromatic rings. The van der Waals surface area contributed by atoms with Crippen LogP contribution < -0.4 is 9.88 Å². The summed E-state index contributed by atoms with van der Waals surface area (Å²) in [5.41, 5.74) is 2.53. The summed E-state index contributed by atoms with van der Waals surface area (Å²) in [6, 6.07) is 9.28. The number of nitrogens with zero attached hydrogens (tertiary/aromatic N) is 4. The molecule has 0 amide bonds. The van der Waals surface area contributed by atoms with Crippen LogP contribution in [0.4, 0.5) is 0 Å². The van der Waals surface area contributed by atoms with Crippen LogP contribution in [0.15, 0.2) is 47.8 Å². The topological polar surface area (TPSA) is 150 Å². The Kier molecular flexibility index (Phi) is 6.84. The molecule has 0 spiro atoms. The van der Waals surface area contributed by atoms with Gasteiger partial charge in [0.2, 0.25) is 10.9 Å². The molecule has 0 saturated heterocycles. The highest BCUT2D eigenvalue weighted by atomic mass is 32.2. The molecule has 3 N–H and O–H groups in total. The van der Waals surface area contributed by atoms with Crippen LogP contribution in [0.2, 0.25) is 0 Å². The molecule has 0 fully saturated rings. The van der Waals surface area contributed by atoms with Crippen LogP contribution in [0.25, 0.3) is 11.1 Å². The molecule has 0 unspecified atom stereocenters. The number of rotatable bonds is 9. The number of pyridine rings is 1. The summed E-state index contributed by atoms with van der Waals surface area (Å²) in [5.74, 6) is -0.403. The second kappa shape index (κ2) is 9.28. The fourth-order valence-corrected chi connectivity index (χ4v) is 3.79. The zero-order valence-corrected chi connectivity index (χ0v) is 19.7. The number of aliphatic carboxylic acids is 1. The van der Waals surface area contributed by atoms with E-state index in [9.17, 15) is 18.3 Å². The summed E-state index contributed by atoms with van der Waals surface area (Å²) in [7, 11) is -3.96. The Morgan fingerprint density at radius 3 is 2.61 bits per heavy atom. The first kappa shape index (κ1) is 24.3. The molecular weight excluding hydrogens is 446 g/mol. The van der Waals surface area contributed by atoms with E-state index in [-0.39, 0.29) is 24.0 Å². The Hall–Kier alpha value is -3.31. The molecular formula is C22H27N5O5S. The van der Waals surface area contributed by atoms with Crippen LogP contribution in [-0.4, -0.2) is 46.1 Å². The quantitative estimate of drug-likeness (QED) is 0.481. The van der Waals surface area contributed by atoms with Crippen LogP contribution >= 0.6 is 0 Å². The van der Waals surface area contributed by atoms with Crippen molar-refractivity contribution < 1.29 is 23.1 Å². The van der Waals surface area contributed by atoms with E-state index in [1.165, 1.54) is 4.80 Å². The molecule has 2 aromatic heterocycles. The second-order valence-corrected chi connectivity index (χ2v) is 10.1. The highest BCUT2D eigenvalue weighted by Crippen LogP contribution is 2.32. The summed E-state index contributed by atoms with van der Waals surface area (Å²) in [6.45, 7) is 7.70. The van der Waals surface area contributed by atoms with Gasteiger partial charge in [0, 0.05) is 12.3 Å². The summed E-state index contributed by atoms with van der Waals surface area (Å²) >= 11 is 0. The van der Waals surface area contributed by atoms with E-state index in [2.05, 4.69) is 15.2 Å². The van der Waals surface area contributed by atoms with Crippen LogP contribution in [-0.2, 0) is 26.8 Å². The van der Waals surface area contributed by atoms with Gasteiger partial charge in [0.1, 0.15) is 12.1 Å². The van der Waals surface area contributed by atoms with E-state index in [0.717, 1.165) is 28.5 Å². The van der Waals surface area contributed by atoms with Crippen LogP contribution in [0, 0.1) is 0 Å². The van der Waals surface area contributed by atoms with Gasteiger partial charge >= 0.3 is 5.97 Å². The van der Waals surface area contributed by atoms with Gasteiger partial charge in [0.25, 0.3) is 10.0 Å². The van der Waals surface area contributed by atoms with Crippen molar-refractivity contribution in [3.05, 3.63) is 53.9 Å². The van der Waals surface area contributed by atoms with Gasteiger partial charge in [-0.3, -0.25) is 4.79 Å². The SMILES string of the molecule is CC(C)c1cccc(-c2ccnc(OCC(C)(C)n3ncc(S(N)(=O)=O)n3)c2)c1CC(=O)O. The van der Waals surface area contributed by atoms with Gasteiger partial charge in [-0.05, 0) is 48.1 Å². The minimum atomic E-state index is -3.96. The van der Waals surface area contributed by atoms with Crippen molar-refractivity contribution in [2.45, 2.75) is 50.6 Å². The van der Waals surface area contributed by atoms with Crippen molar-refractivity contribution in [3.63, 3.8) is 0 Å². The van der Waals surface area contributed by atoms with Crippen molar-refractivity contribution in [1.82, 2.24) is 20.0 Å². The van der Waals surface area contributed by atoms with Crippen molar-refractivity contribution in [2.75, 3.05) is 6.61 Å². The van der Waals surface area contributed by atoms with E-state index < -0.39 is 21.5 Å².